The number of hydrogen-bond acceptors (Lipinski definition) is 1. The van der Waals surface area contributed by atoms with E-state index in [1.54, 1.807) is 6.07 Å². The summed E-state index contributed by atoms with van der Waals surface area (Å²) in [6.45, 7) is 4.95. The molecule has 0 saturated carbocycles. The summed E-state index contributed by atoms with van der Waals surface area (Å²) >= 11 is 0. The minimum atomic E-state index is -0.0980. The van der Waals surface area contributed by atoms with E-state index in [1.807, 2.05) is 19.1 Å². The monoisotopic (exact) mass is 283 g/mol. The fourth-order valence-corrected chi connectivity index (χ4v) is 3.35. The standard InChI is InChI=1S/C19H22FN/c1-3-21-19(17-10-13(2)8-9-18(17)20)12-15-11-14-6-4-5-7-16(14)15/h4-10,15,19,21H,3,11-12H2,1-2H3. The van der Waals surface area contributed by atoms with Gasteiger partial charge in [0, 0.05) is 11.6 Å². The average molecular weight is 283 g/mol. The zero-order chi connectivity index (χ0) is 14.8. The summed E-state index contributed by atoms with van der Waals surface area (Å²) in [5, 5.41) is 3.46. The average Bonchev–Trinajstić information content (AvgIpc) is 2.46. The molecule has 0 aliphatic heterocycles. The number of halogens is 1. The highest BCUT2D eigenvalue weighted by Gasteiger charge is 2.29. The van der Waals surface area contributed by atoms with E-state index in [0.717, 1.165) is 30.5 Å². The second kappa shape index (κ2) is 5.98. The van der Waals surface area contributed by atoms with E-state index < -0.39 is 0 Å². The van der Waals surface area contributed by atoms with Crippen molar-refractivity contribution in [3.05, 3.63) is 70.5 Å². The molecule has 1 nitrogen and oxygen atoms in total. The molecule has 0 fully saturated rings. The molecule has 0 spiro atoms. The highest BCUT2D eigenvalue weighted by molar-refractivity contribution is 5.40. The third kappa shape index (κ3) is 2.86. The van der Waals surface area contributed by atoms with Gasteiger partial charge in [0.25, 0.3) is 0 Å². The number of nitrogens with one attached hydrogen (secondary N) is 1. The lowest BCUT2D eigenvalue weighted by Gasteiger charge is -2.33. The van der Waals surface area contributed by atoms with Crippen molar-refractivity contribution in [2.75, 3.05) is 6.54 Å². The molecule has 1 N–H and O–H groups in total. The van der Waals surface area contributed by atoms with Crippen molar-refractivity contribution in [2.24, 2.45) is 0 Å². The Labute approximate surface area is 126 Å². The summed E-state index contributed by atoms with van der Waals surface area (Å²) in [6.07, 6.45) is 2.08. The number of aryl methyl sites for hydroxylation is 1. The molecule has 3 rings (SSSR count). The number of rotatable bonds is 5. The summed E-state index contributed by atoms with van der Waals surface area (Å²) in [5.74, 6) is 0.448. The first-order chi connectivity index (χ1) is 10.2. The molecule has 2 unspecified atom stereocenters. The van der Waals surface area contributed by atoms with Crippen LogP contribution in [0.3, 0.4) is 0 Å². The van der Waals surface area contributed by atoms with Gasteiger partial charge in [-0.3, -0.25) is 0 Å². The van der Waals surface area contributed by atoms with Crippen LogP contribution in [-0.4, -0.2) is 6.54 Å². The maximum Gasteiger partial charge on any atom is 0.127 e. The lowest BCUT2D eigenvalue weighted by Crippen LogP contribution is -2.27. The number of hydrogen-bond donors (Lipinski definition) is 1. The topological polar surface area (TPSA) is 12.0 Å². The van der Waals surface area contributed by atoms with E-state index in [4.69, 9.17) is 0 Å². The van der Waals surface area contributed by atoms with Crippen LogP contribution >= 0.6 is 0 Å². The van der Waals surface area contributed by atoms with Crippen LogP contribution in [-0.2, 0) is 6.42 Å². The second-order valence-electron chi connectivity index (χ2n) is 5.97. The molecule has 2 aromatic rings. The maximum atomic E-state index is 14.2. The van der Waals surface area contributed by atoms with Crippen LogP contribution in [0.4, 0.5) is 4.39 Å². The van der Waals surface area contributed by atoms with E-state index in [-0.39, 0.29) is 11.9 Å². The summed E-state index contributed by atoms with van der Waals surface area (Å²) in [5.41, 5.74) is 4.81. The Hall–Kier alpha value is -1.67. The largest absolute Gasteiger partial charge is 0.310 e. The Bertz CT molecular complexity index is 635. The van der Waals surface area contributed by atoms with Gasteiger partial charge in [-0.25, -0.2) is 4.39 Å². The Morgan fingerprint density at radius 1 is 1.24 bits per heavy atom. The molecule has 1 aliphatic carbocycles. The highest BCUT2D eigenvalue weighted by Crippen LogP contribution is 2.41. The summed E-state index contributed by atoms with van der Waals surface area (Å²) in [4.78, 5) is 0. The molecule has 0 saturated heterocycles. The molecule has 21 heavy (non-hydrogen) atoms. The van der Waals surface area contributed by atoms with Gasteiger partial charge in [-0.05, 0) is 49.4 Å². The van der Waals surface area contributed by atoms with Crippen molar-refractivity contribution in [1.82, 2.24) is 5.32 Å². The predicted octanol–water partition coefficient (Wildman–Crippen LogP) is 4.51. The van der Waals surface area contributed by atoms with Crippen molar-refractivity contribution in [3.8, 4) is 0 Å². The van der Waals surface area contributed by atoms with Gasteiger partial charge in [-0.2, -0.15) is 0 Å². The van der Waals surface area contributed by atoms with E-state index in [2.05, 4.69) is 36.5 Å². The zero-order valence-electron chi connectivity index (χ0n) is 12.7. The van der Waals surface area contributed by atoms with E-state index in [9.17, 15) is 4.39 Å². The third-order valence-corrected chi connectivity index (χ3v) is 4.46. The molecule has 0 aromatic heterocycles. The molecule has 110 valence electrons. The fraction of sp³-hybridized carbons (Fsp3) is 0.368. The molecule has 0 heterocycles. The molecule has 1 aliphatic rings. The molecular weight excluding hydrogens is 261 g/mol. The van der Waals surface area contributed by atoms with Gasteiger partial charge in [0.1, 0.15) is 5.82 Å². The molecule has 2 heteroatoms. The minimum absolute atomic E-state index is 0.0910. The Morgan fingerprint density at radius 3 is 2.81 bits per heavy atom. The first-order valence-electron chi connectivity index (χ1n) is 7.76. The van der Waals surface area contributed by atoms with Crippen LogP contribution < -0.4 is 5.32 Å². The minimum Gasteiger partial charge on any atom is -0.310 e. The predicted molar refractivity (Wildman–Crippen MR) is 85.1 cm³/mol. The van der Waals surface area contributed by atoms with Crippen LogP contribution in [0.25, 0.3) is 0 Å². The molecule has 0 bridgehead atoms. The van der Waals surface area contributed by atoms with Crippen molar-refractivity contribution in [1.29, 1.82) is 0 Å². The number of fused-ring (bicyclic) bond motifs is 1. The first kappa shape index (κ1) is 14.3. The van der Waals surface area contributed by atoms with Crippen LogP contribution in [0.2, 0.25) is 0 Å². The van der Waals surface area contributed by atoms with E-state index >= 15 is 0 Å². The van der Waals surface area contributed by atoms with Gasteiger partial charge in [0.15, 0.2) is 0 Å². The second-order valence-corrected chi connectivity index (χ2v) is 5.97. The van der Waals surface area contributed by atoms with Gasteiger partial charge in [0.2, 0.25) is 0 Å². The zero-order valence-corrected chi connectivity index (χ0v) is 12.7. The van der Waals surface area contributed by atoms with E-state index in [1.165, 1.54) is 11.1 Å². The Balaban J connectivity index is 1.81. The van der Waals surface area contributed by atoms with Crippen molar-refractivity contribution in [3.63, 3.8) is 0 Å². The van der Waals surface area contributed by atoms with Crippen LogP contribution in [0, 0.1) is 12.7 Å². The third-order valence-electron chi connectivity index (χ3n) is 4.46. The number of benzene rings is 2. The summed E-state index contributed by atoms with van der Waals surface area (Å²) < 4.78 is 14.2. The van der Waals surface area contributed by atoms with Gasteiger partial charge < -0.3 is 5.32 Å². The van der Waals surface area contributed by atoms with Gasteiger partial charge in [-0.15, -0.1) is 0 Å². The maximum absolute atomic E-state index is 14.2. The smallest absolute Gasteiger partial charge is 0.127 e. The highest BCUT2D eigenvalue weighted by atomic mass is 19.1. The van der Waals surface area contributed by atoms with Gasteiger partial charge in [-0.1, -0.05) is 48.9 Å². The lowest BCUT2D eigenvalue weighted by atomic mass is 9.73. The fourth-order valence-electron chi connectivity index (χ4n) is 3.35. The van der Waals surface area contributed by atoms with Crippen LogP contribution in [0.5, 0.6) is 0 Å². The molecule has 2 atom stereocenters. The summed E-state index contributed by atoms with van der Waals surface area (Å²) in [7, 11) is 0. The Morgan fingerprint density at radius 2 is 2.05 bits per heavy atom. The lowest BCUT2D eigenvalue weighted by molar-refractivity contribution is 0.422. The molecule has 0 radical (unpaired) electrons. The van der Waals surface area contributed by atoms with Gasteiger partial charge in [0.05, 0.1) is 0 Å². The Kier molecular flexibility index (Phi) is 4.07. The SMILES string of the molecule is CCNC(CC1Cc2ccccc21)c1cc(C)ccc1F. The van der Waals surface area contributed by atoms with Crippen molar-refractivity contribution in [2.45, 2.75) is 38.6 Å². The van der Waals surface area contributed by atoms with Crippen LogP contribution in [0.15, 0.2) is 42.5 Å². The van der Waals surface area contributed by atoms with E-state index in [0.29, 0.717) is 5.92 Å². The quantitative estimate of drug-likeness (QED) is 0.851. The van der Waals surface area contributed by atoms with Crippen molar-refractivity contribution < 1.29 is 4.39 Å². The van der Waals surface area contributed by atoms with Crippen LogP contribution in [0.1, 0.15) is 47.6 Å². The van der Waals surface area contributed by atoms with Crippen molar-refractivity contribution >= 4 is 0 Å². The molecular formula is C19H22FN. The normalized spacial score (nSPS) is 18.0. The summed E-state index contributed by atoms with van der Waals surface area (Å²) in [6, 6.07) is 14.1. The molecule has 0 amide bonds. The molecule has 2 aromatic carbocycles. The first-order valence-corrected chi connectivity index (χ1v) is 7.76. The van der Waals surface area contributed by atoms with Gasteiger partial charge >= 0.3 is 0 Å².